The van der Waals surface area contributed by atoms with E-state index in [0.717, 1.165) is 6.07 Å². The minimum absolute atomic E-state index is 0.0766. The van der Waals surface area contributed by atoms with Crippen molar-refractivity contribution in [1.82, 2.24) is 5.32 Å². The molecule has 0 aliphatic heterocycles. The minimum Gasteiger partial charge on any atom is -0.444 e. The van der Waals surface area contributed by atoms with E-state index in [4.69, 9.17) is 4.74 Å². The third-order valence-electron chi connectivity index (χ3n) is 2.37. The summed E-state index contributed by atoms with van der Waals surface area (Å²) in [7, 11) is 0. The van der Waals surface area contributed by atoms with Gasteiger partial charge in [0.2, 0.25) is 0 Å². The van der Waals surface area contributed by atoms with Crippen LogP contribution < -0.4 is 5.32 Å². The molecule has 0 unspecified atom stereocenters. The number of hydrogen-bond donors (Lipinski definition) is 1. The Morgan fingerprint density at radius 2 is 1.86 bits per heavy atom. The van der Waals surface area contributed by atoms with Crippen LogP contribution in [0, 0.1) is 11.8 Å². The van der Waals surface area contributed by atoms with Crippen molar-refractivity contribution >= 4 is 6.09 Å². The Hall–Kier alpha value is -2.16. The van der Waals surface area contributed by atoms with Crippen molar-refractivity contribution in [2.24, 2.45) is 0 Å². The maximum atomic E-state index is 12.7. The Bertz CT molecular complexity index is 578. The maximum Gasteiger partial charge on any atom is 0.417 e. The van der Waals surface area contributed by atoms with Crippen LogP contribution >= 0.6 is 0 Å². The van der Waals surface area contributed by atoms with Crippen LogP contribution in [0.1, 0.15) is 38.3 Å². The Kier molecular flexibility index (Phi) is 5.86. The van der Waals surface area contributed by atoms with Crippen molar-refractivity contribution in [3.63, 3.8) is 0 Å². The van der Waals surface area contributed by atoms with Crippen LogP contribution in [0.15, 0.2) is 24.3 Å². The summed E-state index contributed by atoms with van der Waals surface area (Å²) in [4.78, 5) is 11.3. The molecule has 0 aliphatic rings. The molecule has 120 valence electrons. The number of nitrogens with one attached hydrogen (secondary N) is 1. The van der Waals surface area contributed by atoms with Gasteiger partial charge < -0.3 is 10.1 Å². The molecular weight excluding hydrogens is 295 g/mol. The van der Waals surface area contributed by atoms with Gasteiger partial charge in [-0.05, 0) is 32.9 Å². The Labute approximate surface area is 127 Å². The highest BCUT2D eigenvalue weighted by Gasteiger charge is 2.32. The molecule has 1 N–H and O–H groups in total. The zero-order chi connectivity index (χ0) is 16.8. The summed E-state index contributed by atoms with van der Waals surface area (Å²) in [5.74, 6) is 5.09. The standard InChI is InChI=1S/C16H18F3NO2/c1-15(2,3)22-14(21)20-11-7-6-9-12-8-4-5-10-13(12)16(17,18)19/h4-5,8,10H,7,11H2,1-3H3,(H,20,21). The lowest BCUT2D eigenvalue weighted by Crippen LogP contribution is -2.32. The van der Waals surface area contributed by atoms with Crippen molar-refractivity contribution in [2.75, 3.05) is 6.54 Å². The highest BCUT2D eigenvalue weighted by Crippen LogP contribution is 2.31. The van der Waals surface area contributed by atoms with Gasteiger partial charge in [0.15, 0.2) is 0 Å². The van der Waals surface area contributed by atoms with Crippen molar-refractivity contribution in [1.29, 1.82) is 0 Å². The molecule has 6 heteroatoms. The highest BCUT2D eigenvalue weighted by atomic mass is 19.4. The predicted molar refractivity (Wildman–Crippen MR) is 77.2 cm³/mol. The Morgan fingerprint density at radius 3 is 2.45 bits per heavy atom. The summed E-state index contributed by atoms with van der Waals surface area (Å²) in [6, 6.07) is 5.12. The van der Waals surface area contributed by atoms with Crippen LogP contribution in [0.5, 0.6) is 0 Å². The number of carbonyl (C=O) groups is 1. The number of alkyl carbamates (subject to hydrolysis) is 1. The van der Waals surface area contributed by atoms with Crippen LogP contribution in [0.2, 0.25) is 0 Å². The first-order valence-electron chi connectivity index (χ1n) is 6.71. The van der Waals surface area contributed by atoms with Gasteiger partial charge in [0.05, 0.1) is 5.56 Å². The normalized spacial score (nSPS) is 11.4. The van der Waals surface area contributed by atoms with E-state index in [1.54, 1.807) is 20.8 Å². The van der Waals surface area contributed by atoms with Crippen LogP contribution in [-0.4, -0.2) is 18.2 Å². The predicted octanol–water partition coefficient (Wildman–Crippen LogP) is 3.97. The van der Waals surface area contributed by atoms with Crippen molar-refractivity contribution in [3.8, 4) is 11.8 Å². The van der Waals surface area contributed by atoms with Crippen LogP contribution in [0.25, 0.3) is 0 Å². The molecule has 0 radical (unpaired) electrons. The van der Waals surface area contributed by atoms with E-state index in [1.807, 2.05) is 0 Å². The van der Waals surface area contributed by atoms with Gasteiger partial charge in [0.25, 0.3) is 0 Å². The van der Waals surface area contributed by atoms with Gasteiger partial charge in [-0.2, -0.15) is 13.2 Å². The second-order valence-electron chi connectivity index (χ2n) is 5.52. The molecule has 0 saturated carbocycles. The van der Waals surface area contributed by atoms with Gasteiger partial charge in [-0.15, -0.1) is 0 Å². The van der Waals surface area contributed by atoms with Crippen LogP contribution in [0.3, 0.4) is 0 Å². The number of benzene rings is 1. The number of amides is 1. The van der Waals surface area contributed by atoms with Gasteiger partial charge >= 0.3 is 12.3 Å². The van der Waals surface area contributed by atoms with Crippen molar-refractivity contribution in [3.05, 3.63) is 35.4 Å². The third-order valence-corrected chi connectivity index (χ3v) is 2.37. The second kappa shape index (κ2) is 7.21. The largest absolute Gasteiger partial charge is 0.444 e. The molecule has 0 bridgehead atoms. The van der Waals surface area contributed by atoms with Gasteiger partial charge in [0, 0.05) is 18.5 Å². The maximum absolute atomic E-state index is 12.7. The van der Waals surface area contributed by atoms with Crippen molar-refractivity contribution in [2.45, 2.75) is 39.0 Å². The van der Waals surface area contributed by atoms with E-state index in [0.29, 0.717) is 0 Å². The lowest BCUT2D eigenvalue weighted by molar-refractivity contribution is -0.137. The fourth-order valence-electron chi connectivity index (χ4n) is 1.54. The Balaban J connectivity index is 2.55. The number of alkyl halides is 3. The van der Waals surface area contributed by atoms with E-state index in [1.165, 1.54) is 18.2 Å². The molecular formula is C16H18F3NO2. The van der Waals surface area contributed by atoms with E-state index in [-0.39, 0.29) is 18.5 Å². The lowest BCUT2D eigenvalue weighted by Gasteiger charge is -2.19. The van der Waals surface area contributed by atoms with Gasteiger partial charge in [-0.25, -0.2) is 4.79 Å². The lowest BCUT2D eigenvalue weighted by atomic mass is 10.1. The molecule has 22 heavy (non-hydrogen) atoms. The molecule has 0 atom stereocenters. The molecule has 0 spiro atoms. The van der Waals surface area contributed by atoms with Crippen LogP contribution in [0.4, 0.5) is 18.0 Å². The highest BCUT2D eigenvalue weighted by molar-refractivity contribution is 5.67. The number of carbonyl (C=O) groups excluding carboxylic acids is 1. The molecule has 0 saturated heterocycles. The zero-order valence-corrected chi connectivity index (χ0v) is 12.7. The van der Waals surface area contributed by atoms with E-state index in [9.17, 15) is 18.0 Å². The summed E-state index contributed by atoms with van der Waals surface area (Å²) in [6.45, 7) is 5.41. The molecule has 1 aromatic carbocycles. The molecule has 3 nitrogen and oxygen atoms in total. The van der Waals surface area contributed by atoms with E-state index in [2.05, 4.69) is 17.2 Å². The number of halogens is 3. The first-order valence-corrected chi connectivity index (χ1v) is 6.71. The second-order valence-corrected chi connectivity index (χ2v) is 5.52. The first-order chi connectivity index (χ1) is 10.1. The molecule has 1 aromatic rings. The zero-order valence-electron chi connectivity index (χ0n) is 12.7. The molecule has 1 rings (SSSR count). The van der Waals surface area contributed by atoms with Gasteiger partial charge in [-0.1, -0.05) is 24.0 Å². The SMILES string of the molecule is CC(C)(C)OC(=O)NCCC#Cc1ccccc1C(F)(F)F. The smallest absolute Gasteiger partial charge is 0.417 e. The molecule has 0 aliphatic carbocycles. The van der Waals surface area contributed by atoms with Gasteiger partial charge in [-0.3, -0.25) is 0 Å². The summed E-state index contributed by atoms with van der Waals surface area (Å²) in [5, 5.41) is 2.48. The average molecular weight is 313 g/mol. The topological polar surface area (TPSA) is 38.3 Å². The summed E-state index contributed by atoms with van der Waals surface area (Å²) < 4.78 is 43.3. The van der Waals surface area contributed by atoms with E-state index < -0.39 is 23.4 Å². The number of rotatable bonds is 2. The fraction of sp³-hybridized carbons (Fsp3) is 0.438. The molecule has 1 amide bonds. The number of ether oxygens (including phenoxy) is 1. The number of hydrogen-bond acceptors (Lipinski definition) is 2. The van der Waals surface area contributed by atoms with Crippen LogP contribution in [-0.2, 0) is 10.9 Å². The van der Waals surface area contributed by atoms with Gasteiger partial charge in [0.1, 0.15) is 5.60 Å². The summed E-state index contributed by atoms with van der Waals surface area (Å²) >= 11 is 0. The molecule has 0 heterocycles. The quantitative estimate of drug-likeness (QED) is 0.663. The monoisotopic (exact) mass is 313 g/mol. The molecule has 0 fully saturated rings. The first kappa shape index (κ1) is 17.9. The minimum atomic E-state index is -4.43. The van der Waals surface area contributed by atoms with Crippen molar-refractivity contribution < 1.29 is 22.7 Å². The summed E-state index contributed by atoms with van der Waals surface area (Å²) in [5.41, 5.74) is -1.43. The molecule has 0 aromatic heterocycles. The fourth-order valence-corrected chi connectivity index (χ4v) is 1.54. The third kappa shape index (κ3) is 6.53. The van der Waals surface area contributed by atoms with E-state index >= 15 is 0 Å². The average Bonchev–Trinajstić information content (AvgIpc) is 2.35. The Morgan fingerprint density at radius 1 is 1.23 bits per heavy atom. The summed E-state index contributed by atoms with van der Waals surface area (Å²) in [6.07, 6.45) is -4.78.